The molecule has 6 nitrogen and oxygen atoms in total. The van der Waals surface area contributed by atoms with Gasteiger partial charge in [-0.25, -0.2) is 4.98 Å². The topological polar surface area (TPSA) is 73.5 Å². The Balaban J connectivity index is 1.23. The predicted octanol–water partition coefficient (Wildman–Crippen LogP) is 7.28. The first-order valence-electron chi connectivity index (χ1n) is 14.0. The van der Waals surface area contributed by atoms with E-state index in [2.05, 4.69) is 67.5 Å². The molecule has 0 atom stereocenters. The summed E-state index contributed by atoms with van der Waals surface area (Å²) in [7, 11) is 0. The molecule has 188 valence electrons. The summed E-state index contributed by atoms with van der Waals surface area (Å²) >= 11 is 0. The molecule has 4 aromatic heterocycles. The summed E-state index contributed by atoms with van der Waals surface area (Å²) in [6.07, 6.45) is 17.8. The first-order chi connectivity index (χ1) is 18.3. The van der Waals surface area contributed by atoms with Crippen LogP contribution in [0.3, 0.4) is 0 Å². The first-order valence-corrected chi connectivity index (χ1v) is 14.0. The van der Waals surface area contributed by atoms with E-state index in [4.69, 9.17) is 5.10 Å². The number of fused-ring (bicyclic) bond motifs is 2. The molecule has 2 N–H and O–H groups in total. The highest BCUT2D eigenvalue weighted by Gasteiger charge is 2.19. The molecule has 0 bridgehead atoms. The quantitative estimate of drug-likeness (QED) is 0.271. The van der Waals surface area contributed by atoms with Gasteiger partial charge in [-0.15, -0.1) is 0 Å². The zero-order valence-corrected chi connectivity index (χ0v) is 21.3. The van der Waals surface area contributed by atoms with Crippen molar-refractivity contribution in [3.05, 3.63) is 60.6 Å². The average molecular weight is 491 g/mol. The molecule has 1 aromatic carbocycles. The Bertz CT molecular complexity index is 1530. The number of benzene rings is 1. The average Bonchev–Trinajstić information content (AvgIpc) is 3.58. The van der Waals surface area contributed by atoms with Gasteiger partial charge in [0, 0.05) is 53.7 Å². The van der Waals surface area contributed by atoms with E-state index in [-0.39, 0.29) is 0 Å². The number of nitrogens with zero attached hydrogens (tertiary/aromatic N) is 4. The van der Waals surface area contributed by atoms with E-state index in [0.29, 0.717) is 0 Å². The van der Waals surface area contributed by atoms with Gasteiger partial charge >= 0.3 is 0 Å². The minimum atomic E-state index is 0.805. The lowest BCUT2D eigenvalue weighted by Gasteiger charge is -2.29. The number of aromatic amines is 2. The lowest BCUT2D eigenvalue weighted by molar-refractivity contribution is 0.356. The number of aromatic nitrogens is 5. The summed E-state index contributed by atoms with van der Waals surface area (Å²) in [5.41, 5.74) is 8.87. The molecule has 1 aliphatic carbocycles. The normalized spacial score (nSPS) is 17.1. The number of hydrogen-bond donors (Lipinski definition) is 2. The van der Waals surface area contributed by atoms with E-state index >= 15 is 0 Å². The third-order valence-electron chi connectivity index (χ3n) is 8.40. The minimum absolute atomic E-state index is 0.805. The summed E-state index contributed by atoms with van der Waals surface area (Å²) < 4.78 is 0. The van der Waals surface area contributed by atoms with Gasteiger partial charge in [0.1, 0.15) is 11.3 Å². The van der Waals surface area contributed by atoms with Crippen LogP contribution in [-0.2, 0) is 6.42 Å². The van der Waals surface area contributed by atoms with Crippen molar-refractivity contribution in [2.45, 2.75) is 57.8 Å². The molecule has 0 unspecified atom stereocenters. The third kappa shape index (κ3) is 4.39. The number of rotatable bonds is 5. The van der Waals surface area contributed by atoms with Gasteiger partial charge < -0.3 is 9.88 Å². The lowest BCUT2D eigenvalue weighted by Crippen LogP contribution is -2.29. The van der Waals surface area contributed by atoms with Gasteiger partial charge in [0.15, 0.2) is 0 Å². The number of hydrogen-bond acceptors (Lipinski definition) is 4. The number of anilines is 1. The molecule has 0 amide bonds. The van der Waals surface area contributed by atoms with Crippen LogP contribution in [0.2, 0.25) is 0 Å². The van der Waals surface area contributed by atoms with Crippen LogP contribution in [0.4, 0.5) is 5.69 Å². The van der Waals surface area contributed by atoms with Crippen LogP contribution in [0.25, 0.3) is 44.5 Å². The molecule has 0 spiro atoms. The van der Waals surface area contributed by atoms with E-state index in [0.717, 1.165) is 53.4 Å². The molecule has 6 heteroatoms. The molecule has 5 aromatic rings. The van der Waals surface area contributed by atoms with Crippen molar-refractivity contribution in [2.75, 3.05) is 18.0 Å². The molecule has 2 aliphatic rings. The zero-order chi connectivity index (χ0) is 24.6. The van der Waals surface area contributed by atoms with Crippen LogP contribution >= 0.6 is 0 Å². The summed E-state index contributed by atoms with van der Waals surface area (Å²) in [5.74, 6) is 0.805. The predicted molar refractivity (Wildman–Crippen MR) is 151 cm³/mol. The van der Waals surface area contributed by atoms with Crippen molar-refractivity contribution in [1.82, 2.24) is 25.1 Å². The Kier molecular flexibility index (Phi) is 5.88. The monoisotopic (exact) mass is 490 g/mol. The fourth-order valence-electron chi connectivity index (χ4n) is 6.43. The van der Waals surface area contributed by atoms with Crippen LogP contribution in [0.5, 0.6) is 0 Å². The highest BCUT2D eigenvalue weighted by Crippen LogP contribution is 2.35. The smallest absolute Gasteiger partial charge is 0.139 e. The maximum Gasteiger partial charge on any atom is 0.139 e. The van der Waals surface area contributed by atoms with Crippen molar-refractivity contribution in [3.63, 3.8) is 0 Å². The molecule has 1 aliphatic heterocycles. The highest BCUT2D eigenvalue weighted by atomic mass is 15.1. The summed E-state index contributed by atoms with van der Waals surface area (Å²) in [6, 6.07) is 13.3. The maximum absolute atomic E-state index is 4.72. The van der Waals surface area contributed by atoms with Crippen molar-refractivity contribution in [1.29, 1.82) is 0 Å². The summed E-state index contributed by atoms with van der Waals surface area (Å²) in [4.78, 5) is 15.3. The van der Waals surface area contributed by atoms with Crippen LogP contribution in [0, 0.1) is 5.92 Å². The fourth-order valence-corrected chi connectivity index (χ4v) is 6.43. The molecule has 0 radical (unpaired) electrons. The Morgan fingerprint density at radius 3 is 2.59 bits per heavy atom. The highest BCUT2D eigenvalue weighted by molar-refractivity contribution is 5.99. The molecule has 37 heavy (non-hydrogen) atoms. The van der Waals surface area contributed by atoms with Crippen LogP contribution < -0.4 is 4.90 Å². The SMILES string of the molecule is c1cc(N2CCCCC2)c2cc(-c3n[nH]c4ccc(-c5cncc(CC6CCCCC6)c5)cc34)[nH]c2n1. The molecule has 5 heterocycles. The number of pyridine rings is 2. The molecule has 7 rings (SSSR count). The summed E-state index contributed by atoms with van der Waals surface area (Å²) in [6.45, 7) is 2.23. The molecule has 2 fully saturated rings. The van der Waals surface area contributed by atoms with Gasteiger partial charge in [-0.3, -0.25) is 10.1 Å². The Hall–Kier alpha value is -3.67. The second kappa shape index (κ2) is 9.66. The molecule has 1 saturated carbocycles. The maximum atomic E-state index is 4.72. The van der Waals surface area contributed by atoms with E-state index in [1.54, 1.807) is 0 Å². The standard InChI is InChI=1S/C31H34N6/c1-3-7-21(8-4-1)15-22-16-24(20-32-19-22)23-9-10-27-25(17-23)30(36-35-27)28-18-26-29(11-12-33-31(26)34-28)37-13-5-2-6-14-37/h9-12,16-21H,1-8,13-15H2,(H,33,34)(H,35,36). The van der Waals surface area contributed by atoms with E-state index in [1.165, 1.54) is 79.1 Å². The van der Waals surface area contributed by atoms with Crippen molar-refractivity contribution in [2.24, 2.45) is 5.92 Å². The number of piperidine rings is 1. The van der Waals surface area contributed by atoms with Gasteiger partial charge in [-0.1, -0.05) is 38.2 Å². The van der Waals surface area contributed by atoms with E-state index < -0.39 is 0 Å². The Morgan fingerprint density at radius 1 is 0.838 bits per heavy atom. The Labute approximate surface area is 217 Å². The van der Waals surface area contributed by atoms with Gasteiger partial charge in [0.2, 0.25) is 0 Å². The molecular formula is C31H34N6. The van der Waals surface area contributed by atoms with Gasteiger partial charge in [-0.2, -0.15) is 5.10 Å². The minimum Gasteiger partial charge on any atom is -0.371 e. The van der Waals surface area contributed by atoms with E-state index in [1.807, 2.05) is 12.4 Å². The van der Waals surface area contributed by atoms with Crippen LogP contribution in [-0.4, -0.2) is 38.2 Å². The van der Waals surface area contributed by atoms with Crippen molar-refractivity contribution >= 4 is 27.6 Å². The van der Waals surface area contributed by atoms with Gasteiger partial charge in [0.05, 0.1) is 11.2 Å². The largest absolute Gasteiger partial charge is 0.371 e. The number of nitrogens with one attached hydrogen (secondary N) is 2. The second-order valence-corrected chi connectivity index (χ2v) is 10.9. The molecular weight excluding hydrogens is 456 g/mol. The van der Waals surface area contributed by atoms with Gasteiger partial charge in [-0.05, 0) is 73.1 Å². The third-order valence-corrected chi connectivity index (χ3v) is 8.40. The fraction of sp³-hybridized carbons (Fsp3) is 0.387. The van der Waals surface area contributed by atoms with Gasteiger partial charge in [0.25, 0.3) is 0 Å². The number of H-pyrrole nitrogens is 2. The Morgan fingerprint density at radius 2 is 1.70 bits per heavy atom. The van der Waals surface area contributed by atoms with Crippen molar-refractivity contribution < 1.29 is 0 Å². The van der Waals surface area contributed by atoms with Crippen molar-refractivity contribution in [3.8, 4) is 22.5 Å². The lowest BCUT2D eigenvalue weighted by atomic mass is 9.85. The zero-order valence-electron chi connectivity index (χ0n) is 21.3. The van der Waals surface area contributed by atoms with Crippen LogP contribution in [0.15, 0.2) is 55.0 Å². The second-order valence-electron chi connectivity index (χ2n) is 10.9. The summed E-state index contributed by atoms with van der Waals surface area (Å²) in [5, 5.41) is 10.2. The first kappa shape index (κ1) is 22.5. The van der Waals surface area contributed by atoms with Crippen LogP contribution in [0.1, 0.15) is 56.9 Å². The molecule has 1 saturated heterocycles. The van der Waals surface area contributed by atoms with E-state index in [9.17, 15) is 0 Å².